The highest BCUT2D eigenvalue weighted by atomic mass is 16.6. The van der Waals surface area contributed by atoms with Crippen LogP contribution in [0.15, 0.2) is 66.7 Å². The van der Waals surface area contributed by atoms with Crippen molar-refractivity contribution in [3.63, 3.8) is 0 Å². The second-order valence-electron chi connectivity index (χ2n) is 13.5. The van der Waals surface area contributed by atoms with Gasteiger partial charge >= 0.3 is 5.69 Å². The summed E-state index contributed by atoms with van der Waals surface area (Å²) in [5.74, 6) is 0. The molecule has 2 aromatic carbocycles. The van der Waals surface area contributed by atoms with E-state index >= 15 is 0 Å². The first-order valence-corrected chi connectivity index (χ1v) is 18.1. The predicted octanol–water partition coefficient (Wildman–Crippen LogP) is 12.0. The molecule has 5 aromatic rings. The Morgan fingerprint density at radius 2 is 0.980 bits per heavy atom. The van der Waals surface area contributed by atoms with Gasteiger partial charge in [-0.15, -0.1) is 0 Å². The van der Waals surface area contributed by atoms with Crippen LogP contribution in [0.25, 0.3) is 66.6 Å². The largest absolute Gasteiger partial charge is 0.354 e. The molecule has 0 atom stereocenters. The van der Waals surface area contributed by atoms with Crippen molar-refractivity contribution in [3.05, 3.63) is 122 Å². The fraction of sp³-hybridized carbons (Fsp3) is 0.273. The van der Waals surface area contributed by atoms with Crippen LogP contribution in [0.1, 0.15) is 99.4 Å². The van der Waals surface area contributed by atoms with Gasteiger partial charge in [0.05, 0.1) is 27.3 Å². The van der Waals surface area contributed by atoms with Crippen molar-refractivity contribution in [1.29, 1.82) is 0 Å². The minimum Gasteiger partial charge on any atom is -0.354 e. The Kier molecular flexibility index (Phi) is 8.84. The molecule has 0 unspecified atom stereocenters. The van der Waals surface area contributed by atoms with Gasteiger partial charge in [0, 0.05) is 22.2 Å². The molecule has 2 aliphatic rings. The van der Waals surface area contributed by atoms with Crippen molar-refractivity contribution in [2.24, 2.45) is 0 Å². The molecule has 0 amide bonds. The summed E-state index contributed by atoms with van der Waals surface area (Å²) < 4.78 is 0. The molecule has 0 fully saturated rings. The monoisotopic (exact) mass is 675 g/mol. The van der Waals surface area contributed by atoms with Crippen LogP contribution in [-0.2, 0) is 12.8 Å². The summed E-state index contributed by atoms with van der Waals surface area (Å²) in [7, 11) is 0. The molecule has 2 aliphatic heterocycles. The maximum atomic E-state index is 13.4. The molecule has 0 saturated carbocycles. The van der Waals surface area contributed by atoms with E-state index in [1.54, 1.807) is 0 Å². The summed E-state index contributed by atoms with van der Waals surface area (Å²) in [6, 6.07) is 22.8. The maximum Gasteiger partial charge on any atom is 0.320 e. The molecule has 0 saturated heterocycles. The first-order chi connectivity index (χ1) is 24.6. The average Bonchev–Trinajstić information content (AvgIpc) is 3.82. The molecule has 7 nitrogen and oxygen atoms in total. The molecule has 5 heterocycles. The summed E-state index contributed by atoms with van der Waals surface area (Å²) in [5, 5.41) is 13.4. The number of aryl methyl sites for hydroxylation is 4. The van der Waals surface area contributed by atoms with E-state index in [0.717, 1.165) is 102 Å². The van der Waals surface area contributed by atoms with Gasteiger partial charge in [0.15, 0.2) is 0 Å². The summed E-state index contributed by atoms with van der Waals surface area (Å²) in [5.41, 5.74) is 18.6. The fourth-order valence-corrected chi connectivity index (χ4v) is 8.32. The van der Waals surface area contributed by atoms with E-state index in [1.807, 2.05) is 36.4 Å². The zero-order valence-electron chi connectivity index (χ0n) is 30.8. The van der Waals surface area contributed by atoms with Gasteiger partial charge in [-0.05, 0) is 115 Å². The van der Waals surface area contributed by atoms with E-state index < -0.39 is 0 Å². The summed E-state index contributed by atoms with van der Waals surface area (Å²) in [6.07, 6.45) is 2.86. The lowest BCUT2D eigenvalue weighted by Gasteiger charge is -2.08. The summed E-state index contributed by atoms with van der Waals surface area (Å²) in [6.45, 7) is 16.9. The third-order valence-corrected chi connectivity index (χ3v) is 10.9. The van der Waals surface area contributed by atoms with Gasteiger partial charge in [0.1, 0.15) is 11.4 Å². The number of hydrogen-bond donors (Lipinski definition) is 2. The number of benzene rings is 2. The number of nitro groups is 1. The molecular weight excluding hydrogens is 631 g/mol. The molecule has 51 heavy (non-hydrogen) atoms. The number of hydrogen-bond acceptors (Lipinski definition) is 4. The molecular formula is C44H45N5O2. The van der Waals surface area contributed by atoms with Crippen LogP contribution in [0.5, 0.6) is 0 Å². The standard InChI is InChI=1S/C44H45N5O2/c1-9-30-24(5)38-36(28-19-15-13-16-20-28)40-26(7)32(11-3)42(47-40)44(49(50)51)43-33(12-4)27(8)41(48-43)37(29-21-17-14-18-22-29)39-25(6)31(10-2)35(46-39)23-34(30)45-38/h13-23,45-46H,9-12H2,1-8H3. The number of fused-ring (bicyclic) bond motifs is 8. The zero-order chi connectivity index (χ0) is 36.1. The Morgan fingerprint density at radius 1 is 0.588 bits per heavy atom. The van der Waals surface area contributed by atoms with E-state index in [1.165, 1.54) is 11.1 Å². The first kappa shape index (κ1) is 33.9. The van der Waals surface area contributed by atoms with E-state index in [4.69, 9.17) is 9.97 Å². The lowest BCUT2D eigenvalue weighted by molar-refractivity contribution is -0.385. The quantitative estimate of drug-likeness (QED) is 0.132. The molecule has 3 aromatic heterocycles. The highest BCUT2D eigenvalue weighted by Crippen LogP contribution is 2.47. The van der Waals surface area contributed by atoms with Crippen molar-refractivity contribution in [3.8, 4) is 22.3 Å². The van der Waals surface area contributed by atoms with Crippen molar-refractivity contribution in [2.75, 3.05) is 0 Å². The Balaban J connectivity index is 1.85. The minimum absolute atomic E-state index is 0.0380. The van der Waals surface area contributed by atoms with Gasteiger partial charge in [0.2, 0.25) is 0 Å². The second-order valence-corrected chi connectivity index (χ2v) is 13.5. The highest BCUT2D eigenvalue weighted by molar-refractivity contribution is 6.05. The topological polar surface area (TPSA) is 100 Å². The van der Waals surface area contributed by atoms with Gasteiger partial charge in [-0.2, -0.15) is 0 Å². The molecule has 2 N–H and O–H groups in total. The van der Waals surface area contributed by atoms with Crippen LogP contribution in [0.4, 0.5) is 5.69 Å². The van der Waals surface area contributed by atoms with Gasteiger partial charge in [-0.25, -0.2) is 9.97 Å². The lowest BCUT2D eigenvalue weighted by Crippen LogP contribution is -1.99. The summed E-state index contributed by atoms with van der Waals surface area (Å²) >= 11 is 0. The minimum atomic E-state index is -0.266. The van der Waals surface area contributed by atoms with Crippen molar-refractivity contribution in [2.45, 2.75) is 81.1 Å². The average molecular weight is 676 g/mol. The van der Waals surface area contributed by atoms with Crippen LogP contribution in [0, 0.1) is 24.0 Å². The molecule has 8 bridgehead atoms. The normalized spacial score (nSPS) is 13.0. The number of allylic oxidation sites excluding steroid dienone is 4. The van der Waals surface area contributed by atoms with Gasteiger partial charge in [0.25, 0.3) is 0 Å². The molecule has 7 rings (SSSR count). The van der Waals surface area contributed by atoms with E-state index in [0.29, 0.717) is 24.2 Å². The number of nitrogens with zero attached hydrogens (tertiary/aromatic N) is 3. The Bertz CT molecular complexity index is 2300. The van der Waals surface area contributed by atoms with Crippen molar-refractivity contribution >= 4 is 50.0 Å². The Morgan fingerprint density at radius 3 is 1.31 bits per heavy atom. The summed E-state index contributed by atoms with van der Waals surface area (Å²) in [4.78, 5) is 31.4. The third-order valence-electron chi connectivity index (χ3n) is 10.9. The smallest absolute Gasteiger partial charge is 0.320 e. The van der Waals surface area contributed by atoms with Crippen LogP contribution >= 0.6 is 0 Å². The first-order valence-electron chi connectivity index (χ1n) is 18.1. The second kappa shape index (κ2) is 13.3. The van der Waals surface area contributed by atoms with Crippen molar-refractivity contribution in [1.82, 2.24) is 19.9 Å². The van der Waals surface area contributed by atoms with Gasteiger partial charge in [-0.3, -0.25) is 10.1 Å². The number of aromatic amines is 2. The van der Waals surface area contributed by atoms with Gasteiger partial charge in [-0.1, -0.05) is 88.4 Å². The molecule has 0 spiro atoms. The highest BCUT2D eigenvalue weighted by Gasteiger charge is 2.34. The SMILES string of the molecule is CCC1=C(C)c2nc1c([N+](=O)[O-])c1nc(c(-c3ccccc3)c3[nH]c(cc4[nH]c(c(C)c4CC)c2-c2ccccc2)c(CC)c3C)C(C)=C1CC. The zero-order valence-corrected chi connectivity index (χ0v) is 30.8. The number of nitrogens with one attached hydrogen (secondary N) is 2. The van der Waals surface area contributed by atoms with E-state index in [-0.39, 0.29) is 10.6 Å². The Labute approximate surface area is 299 Å². The van der Waals surface area contributed by atoms with Crippen molar-refractivity contribution < 1.29 is 4.92 Å². The number of H-pyrrole nitrogens is 2. The fourth-order valence-electron chi connectivity index (χ4n) is 8.32. The predicted molar refractivity (Wildman–Crippen MR) is 212 cm³/mol. The Hall–Kier alpha value is -5.56. The van der Waals surface area contributed by atoms with Crippen LogP contribution in [0.2, 0.25) is 0 Å². The number of aromatic nitrogens is 4. The van der Waals surface area contributed by atoms with E-state index in [9.17, 15) is 10.1 Å². The number of rotatable bonds is 7. The van der Waals surface area contributed by atoms with Crippen LogP contribution in [0.3, 0.4) is 0 Å². The van der Waals surface area contributed by atoms with Crippen LogP contribution in [-0.4, -0.2) is 24.9 Å². The molecule has 0 radical (unpaired) electrons. The third kappa shape index (κ3) is 5.34. The van der Waals surface area contributed by atoms with Gasteiger partial charge < -0.3 is 9.97 Å². The molecule has 7 heteroatoms. The molecule has 0 aliphatic carbocycles. The maximum absolute atomic E-state index is 13.4. The molecule has 258 valence electrons. The van der Waals surface area contributed by atoms with Crippen LogP contribution < -0.4 is 0 Å². The lowest BCUT2D eigenvalue weighted by atomic mass is 9.94. The van der Waals surface area contributed by atoms with E-state index in [2.05, 4.69) is 95.7 Å².